The van der Waals surface area contributed by atoms with Gasteiger partial charge >= 0.3 is 6.18 Å². The minimum absolute atomic E-state index is 0.0253. The Morgan fingerprint density at radius 1 is 0.956 bits per heavy atom. The maximum absolute atomic E-state index is 13.9. The summed E-state index contributed by atoms with van der Waals surface area (Å²) in [5, 5.41) is 12.5. The van der Waals surface area contributed by atoms with Crippen LogP contribution in [0, 0.1) is 17.8 Å². The van der Waals surface area contributed by atoms with Gasteiger partial charge in [-0.2, -0.15) is 18.3 Å². The van der Waals surface area contributed by atoms with Gasteiger partial charge in [0, 0.05) is 35.9 Å². The number of hydrogen-bond acceptors (Lipinski definition) is 5. The number of nitrogens with zero attached hydrogens (tertiary/aromatic N) is 3. The third-order valence-corrected chi connectivity index (χ3v) is 9.12. The van der Waals surface area contributed by atoms with Gasteiger partial charge in [0.05, 0.1) is 5.92 Å². The molecule has 2 unspecified atom stereocenters. The van der Waals surface area contributed by atoms with E-state index in [4.69, 9.17) is 0 Å². The van der Waals surface area contributed by atoms with Gasteiger partial charge in [-0.05, 0) is 106 Å². The summed E-state index contributed by atoms with van der Waals surface area (Å²) in [7, 11) is 0. The fourth-order valence-electron chi connectivity index (χ4n) is 6.68. The fourth-order valence-corrected chi connectivity index (χ4v) is 6.68. The summed E-state index contributed by atoms with van der Waals surface area (Å²) in [4.78, 5) is 44.1. The third kappa shape index (κ3) is 6.74. The topological polar surface area (TPSA) is 118 Å². The summed E-state index contributed by atoms with van der Waals surface area (Å²) in [6.45, 7) is 3.87. The van der Waals surface area contributed by atoms with Gasteiger partial charge in [0.15, 0.2) is 6.04 Å². The number of carbonyl (C=O) groups is 3. The monoisotopic (exact) mass is 622 g/mol. The van der Waals surface area contributed by atoms with E-state index in [9.17, 15) is 27.6 Å². The van der Waals surface area contributed by atoms with Crippen molar-refractivity contribution in [1.29, 1.82) is 0 Å². The summed E-state index contributed by atoms with van der Waals surface area (Å²) >= 11 is 0. The standard InChI is InChI=1S/C33H37F3N6O3/c1-18(2)42-26(13-15-38-42)31(44)40-28(27(19-5-6-19)20-7-8-20)32(45)39-23-10-12-24-21(16-23)9-11-25(24)30(43)41-29(33(34,35)36)22-4-3-14-37-17-22/h3-4,10,12-20,25,27-29H,5-9,11H2,1-2H3,(H,39,45)(H,40,44)(H,41,43)/t25?,28-,29?/m0/s1. The van der Waals surface area contributed by atoms with Gasteiger partial charge in [0.2, 0.25) is 11.8 Å². The maximum atomic E-state index is 13.9. The number of hydrogen-bond donors (Lipinski definition) is 3. The SMILES string of the molecule is CC(C)n1nccc1C(=O)N[C@H](C(=O)Nc1ccc2c(c1)CCC2C(=O)NC(c1cccnc1)C(F)(F)F)C(C1CC1)C1CC1. The number of alkyl halides is 3. The molecule has 0 aliphatic heterocycles. The summed E-state index contributed by atoms with van der Waals surface area (Å²) in [6.07, 6.45) is 4.31. The zero-order valence-corrected chi connectivity index (χ0v) is 25.2. The van der Waals surface area contributed by atoms with Crippen LogP contribution in [-0.2, 0) is 16.0 Å². The Bertz CT molecular complexity index is 1550. The number of benzene rings is 1. The lowest BCUT2D eigenvalue weighted by atomic mass is 9.88. The largest absolute Gasteiger partial charge is 0.412 e. The molecule has 2 fully saturated rings. The van der Waals surface area contributed by atoms with Crippen LogP contribution in [0.1, 0.15) is 91.1 Å². The fraction of sp³-hybridized carbons (Fsp3) is 0.485. The molecule has 3 amide bonds. The first-order chi connectivity index (χ1) is 21.5. The van der Waals surface area contributed by atoms with E-state index in [1.807, 2.05) is 13.8 Å². The Hall–Kier alpha value is -4.22. The molecule has 2 aromatic heterocycles. The number of aromatic nitrogens is 3. The van der Waals surface area contributed by atoms with E-state index in [0.717, 1.165) is 37.4 Å². The summed E-state index contributed by atoms with van der Waals surface area (Å²) in [5.74, 6) is -1.31. The van der Waals surface area contributed by atoms with Crippen molar-refractivity contribution < 1.29 is 27.6 Å². The van der Waals surface area contributed by atoms with Gasteiger partial charge in [0.25, 0.3) is 5.91 Å². The van der Waals surface area contributed by atoms with E-state index in [-0.39, 0.29) is 29.3 Å². The predicted octanol–water partition coefficient (Wildman–Crippen LogP) is 5.48. The number of rotatable bonds is 11. The maximum Gasteiger partial charge on any atom is 0.412 e. The lowest BCUT2D eigenvalue weighted by molar-refractivity contribution is -0.164. The molecule has 238 valence electrons. The lowest BCUT2D eigenvalue weighted by Crippen LogP contribution is -2.50. The molecule has 3 aliphatic carbocycles. The van der Waals surface area contributed by atoms with E-state index in [1.165, 1.54) is 18.3 Å². The van der Waals surface area contributed by atoms with Crippen molar-refractivity contribution in [2.24, 2.45) is 17.8 Å². The van der Waals surface area contributed by atoms with Crippen LogP contribution < -0.4 is 16.0 Å². The van der Waals surface area contributed by atoms with Crippen molar-refractivity contribution in [3.8, 4) is 0 Å². The number of aryl methyl sites for hydroxylation is 1. The lowest BCUT2D eigenvalue weighted by Gasteiger charge is -2.28. The molecule has 6 rings (SSSR count). The smallest absolute Gasteiger partial charge is 0.340 e. The molecule has 2 heterocycles. The van der Waals surface area contributed by atoms with E-state index in [1.54, 1.807) is 35.1 Å². The number of fused-ring (bicyclic) bond motifs is 1. The zero-order chi connectivity index (χ0) is 31.9. The number of halogens is 3. The normalized spacial score (nSPS) is 19.2. The molecular weight excluding hydrogens is 585 g/mol. The van der Waals surface area contributed by atoms with Gasteiger partial charge in [-0.1, -0.05) is 12.1 Å². The summed E-state index contributed by atoms with van der Waals surface area (Å²) in [6, 6.07) is 6.55. The van der Waals surface area contributed by atoms with Crippen LogP contribution in [0.3, 0.4) is 0 Å². The minimum atomic E-state index is -4.69. The van der Waals surface area contributed by atoms with E-state index >= 15 is 0 Å². The first kappa shape index (κ1) is 30.8. The Morgan fingerprint density at radius 3 is 2.31 bits per heavy atom. The number of nitrogens with one attached hydrogen (secondary N) is 3. The highest BCUT2D eigenvalue weighted by Crippen LogP contribution is 2.51. The van der Waals surface area contributed by atoms with Crippen LogP contribution in [0.5, 0.6) is 0 Å². The van der Waals surface area contributed by atoms with Crippen LogP contribution >= 0.6 is 0 Å². The van der Waals surface area contributed by atoms with Crippen LogP contribution in [0.2, 0.25) is 0 Å². The van der Waals surface area contributed by atoms with Gasteiger partial charge in [-0.3, -0.25) is 24.0 Å². The third-order valence-electron chi connectivity index (χ3n) is 9.12. The van der Waals surface area contributed by atoms with Crippen LogP contribution in [-0.4, -0.2) is 44.7 Å². The second-order valence-corrected chi connectivity index (χ2v) is 12.7. The molecule has 2 saturated carbocycles. The molecule has 9 nitrogen and oxygen atoms in total. The molecule has 3 atom stereocenters. The number of amides is 3. The molecular formula is C33H37F3N6O3. The van der Waals surface area contributed by atoms with Crippen molar-refractivity contribution in [2.75, 3.05) is 5.32 Å². The summed E-state index contributed by atoms with van der Waals surface area (Å²) < 4.78 is 43.2. The predicted molar refractivity (Wildman–Crippen MR) is 160 cm³/mol. The Kier molecular flexibility index (Phi) is 8.41. The van der Waals surface area contributed by atoms with E-state index in [0.29, 0.717) is 41.6 Å². The highest BCUT2D eigenvalue weighted by atomic mass is 19.4. The van der Waals surface area contributed by atoms with Crippen LogP contribution in [0.4, 0.5) is 18.9 Å². The van der Waals surface area contributed by atoms with E-state index in [2.05, 4.69) is 26.0 Å². The highest BCUT2D eigenvalue weighted by Gasteiger charge is 2.49. The van der Waals surface area contributed by atoms with Crippen molar-refractivity contribution in [3.63, 3.8) is 0 Å². The molecule has 0 radical (unpaired) electrons. The molecule has 1 aromatic carbocycles. The Balaban J connectivity index is 1.18. The number of pyridine rings is 1. The van der Waals surface area contributed by atoms with Gasteiger partial charge in [0.1, 0.15) is 11.7 Å². The van der Waals surface area contributed by atoms with Gasteiger partial charge < -0.3 is 16.0 Å². The van der Waals surface area contributed by atoms with Gasteiger partial charge in [-0.15, -0.1) is 0 Å². The molecule has 3 N–H and O–H groups in total. The Labute approximate surface area is 259 Å². The second-order valence-electron chi connectivity index (χ2n) is 12.7. The first-order valence-electron chi connectivity index (χ1n) is 15.6. The molecule has 3 aliphatic rings. The average molecular weight is 623 g/mol. The molecule has 12 heteroatoms. The second kappa shape index (κ2) is 12.3. The quantitative estimate of drug-likeness (QED) is 0.262. The molecule has 0 saturated heterocycles. The molecule has 45 heavy (non-hydrogen) atoms. The Morgan fingerprint density at radius 2 is 1.69 bits per heavy atom. The van der Waals surface area contributed by atoms with E-state index < -0.39 is 30.1 Å². The first-order valence-corrected chi connectivity index (χ1v) is 15.6. The minimum Gasteiger partial charge on any atom is -0.340 e. The van der Waals surface area contributed by atoms with Gasteiger partial charge in [-0.25, -0.2) is 0 Å². The van der Waals surface area contributed by atoms with Crippen LogP contribution in [0.15, 0.2) is 55.0 Å². The molecule has 3 aromatic rings. The van der Waals surface area contributed by atoms with Crippen molar-refractivity contribution >= 4 is 23.4 Å². The molecule has 0 spiro atoms. The summed E-state index contributed by atoms with van der Waals surface area (Å²) in [5.41, 5.74) is 2.20. The number of carbonyl (C=O) groups excluding carboxylic acids is 3. The van der Waals surface area contributed by atoms with Crippen molar-refractivity contribution in [1.82, 2.24) is 25.4 Å². The van der Waals surface area contributed by atoms with Crippen LogP contribution in [0.25, 0.3) is 0 Å². The molecule has 0 bridgehead atoms. The highest BCUT2D eigenvalue weighted by molar-refractivity contribution is 6.01. The van der Waals surface area contributed by atoms with Crippen molar-refractivity contribution in [2.45, 2.75) is 82.6 Å². The average Bonchev–Trinajstić information content (AvgIpc) is 3.93. The zero-order valence-electron chi connectivity index (χ0n) is 25.2. The van der Waals surface area contributed by atoms with Crippen molar-refractivity contribution in [3.05, 3.63) is 77.4 Å². The number of anilines is 1.